The number of pyridine rings is 1. The molecule has 0 aromatic carbocycles. The number of carbonyl (C=O) groups is 1. The molecule has 1 aromatic rings. The van der Waals surface area contributed by atoms with Gasteiger partial charge in [0.2, 0.25) is 5.88 Å². The van der Waals surface area contributed by atoms with Crippen LogP contribution in [0.15, 0.2) is 18.3 Å². The summed E-state index contributed by atoms with van der Waals surface area (Å²) in [5.41, 5.74) is 5.32. The van der Waals surface area contributed by atoms with Gasteiger partial charge < -0.3 is 15.2 Å². The fraction of sp³-hybridized carbons (Fsp3) is 0.400. The highest BCUT2D eigenvalue weighted by Crippen LogP contribution is 2.20. The zero-order valence-electron chi connectivity index (χ0n) is 9.40. The molecule has 8 heteroatoms. The molecule has 1 amide bonds. The van der Waals surface area contributed by atoms with Crippen molar-refractivity contribution in [2.45, 2.75) is 19.2 Å². The van der Waals surface area contributed by atoms with Crippen LogP contribution in [0.2, 0.25) is 0 Å². The van der Waals surface area contributed by atoms with E-state index in [1.54, 1.807) is 6.92 Å². The van der Waals surface area contributed by atoms with E-state index in [1.165, 1.54) is 18.3 Å². The van der Waals surface area contributed by atoms with Gasteiger partial charge in [-0.3, -0.25) is 0 Å². The number of nitrogens with two attached hydrogens (primary N) is 1. The molecule has 0 saturated heterocycles. The van der Waals surface area contributed by atoms with Crippen molar-refractivity contribution in [3.8, 4) is 5.88 Å². The number of hydrogen-bond donors (Lipinski definition) is 1. The Bertz CT molecular complexity index is 406. The molecule has 0 radical (unpaired) electrons. The molecule has 0 saturated carbocycles. The highest BCUT2D eigenvalue weighted by molar-refractivity contribution is 5.64. The Morgan fingerprint density at radius 2 is 2.17 bits per heavy atom. The minimum atomic E-state index is -4.41. The van der Waals surface area contributed by atoms with Crippen molar-refractivity contribution in [2.24, 2.45) is 5.73 Å². The van der Waals surface area contributed by atoms with E-state index in [1.807, 2.05) is 0 Å². The third-order valence-corrected chi connectivity index (χ3v) is 1.91. The van der Waals surface area contributed by atoms with Crippen molar-refractivity contribution in [2.75, 3.05) is 6.61 Å². The molecule has 5 nitrogen and oxygen atoms in total. The van der Waals surface area contributed by atoms with Crippen LogP contribution < -0.4 is 10.5 Å². The monoisotopic (exact) mass is 264 g/mol. The first-order valence-electron chi connectivity index (χ1n) is 4.89. The zero-order chi connectivity index (χ0) is 13.8. The average Bonchev–Trinajstić information content (AvgIpc) is 2.25. The van der Waals surface area contributed by atoms with E-state index < -0.39 is 25.0 Å². The largest absolute Gasteiger partial charge is 0.468 e. The van der Waals surface area contributed by atoms with Crippen LogP contribution in [0.3, 0.4) is 0 Å². The standard InChI is InChI=1S/C10H11F3N2O3/c1-6(18-9(14)16)7-2-3-8(15-4-7)17-5-10(11,12)13/h2-4,6H,5H2,1H3,(H2,14,16). The Balaban J connectivity index is 2.60. The van der Waals surface area contributed by atoms with Gasteiger partial charge in [-0.25, -0.2) is 9.78 Å². The van der Waals surface area contributed by atoms with Crippen LogP contribution in [0.5, 0.6) is 5.88 Å². The quantitative estimate of drug-likeness (QED) is 0.904. The van der Waals surface area contributed by atoms with E-state index in [4.69, 9.17) is 5.73 Å². The fourth-order valence-electron chi connectivity index (χ4n) is 1.12. The lowest BCUT2D eigenvalue weighted by Gasteiger charge is -2.12. The number of alkyl halides is 3. The zero-order valence-corrected chi connectivity index (χ0v) is 9.40. The van der Waals surface area contributed by atoms with E-state index >= 15 is 0 Å². The summed E-state index contributed by atoms with van der Waals surface area (Å²) in [7, 11) is 0. The van der Waals surface area contributed by atoms with Crippen LogP contribution in [0, 0.1) is 0 Å². The smallest absolute Gasteiger partial charge is 0.422 e. The second-order valence-electron chi connectivity index (χ2n) is 3.41. The van der Waals surface area contributed by atoms with Crippen LogP contribution in [0.25, 0.3) is 0 Å². The van der Waals surface area contributed by atoms with Crippen molar-refractivity contribution >= 4 is 6.09 Å². The molecule has 1 atom stereocenters. The first-order valence-corrected chi connectivity index (χ1v) is 4.89. The van der Waals surface area contributed by atoms with Gasteiger partial charge in [-0.05, 0) is 13.0 Å². The van der Waals surface area contributed by atoms with Gasteiger partial charge >= 0.3 is 12.3 Å². The number of aromatic nitrogens is 1. The Morgan fingerprint density at radius 3 is 2.61 bits per heavy atom. The van der Waals surface area contributed by atoms with Crippen molar-refractivity contribution in [3.63, 3.8) is 0 Å². The molecule has 0 fully saturated rings. The summed E-state index contributed by atoms with van der Waals surface area (Å²) in [6, 6.07) is 2.69. The predicted molar refractivity (Wildman–Crippen MR) is 54.9 cm³/mol. The molecular weight excluding hydrogens is 253 g/mol. The summed E-state index contributed by atoms with van der Waals surface area (Å²) in [5, 5.41) is 0. The molecule has 0 bridgehead atoms. The number of primary amides is 1. The molecule has 1 unspecified atom stereocenters. The molecular formula is C10H11F3N2O3. The van der Waals surface area contributed by atoms with Crippen LogP contribution in [0.4, 0.5) is 18.0 Å². The Hall–Kier alpha value is -1.99. The molecule has 2 N–H and O–H groups in total. The minimum Gasteiger partial charge on any atom is -0.468 e. The minimum absolute atomic E-state index is 0.164. The Kier molecular flexibility index (Phi) is 4.35. The van der Waals surface area contributed by atoms with E-state index in [0.717, 1.165) is 0 Å². The summed E-state index contributed by atoms with van der Waals surface area (Å²) < 4.78 is 44.7. The third kappa shape index (κ3) is 4.89. The van der Waals surface area contributed by atoms with Gasteiger partial charge in [0.15, 0.2) is 6.61 Å². The van der Waals surface area contributed by atoms with Gasteiger partial charge in [0.1, 0.15) is 6.10 Å². The number of carbonyl (C=O) groups excluding carboxylic acids is 1. The number of halogens is 3. The molecule has 0 aliphatic rings. The van der Waals surface area contributed by atoms with Crippen molar-refractivity contribution < 1.29 is 27.4 Å². The van der Waals surface area contributed by atoms with Crippen LogP contribution in [0.1, 0.15) is 18.6 Å². The molecule has 18 heavy (non-hydrogen) atoms. The molecule has 100 valence electrons. The first-order chi connectivity index (χ1) is 8.28. The van der Waals surface area contributed by atoms with E-state index in [-0.39, 0.29) is 5.88 Å². The summed E-state index contributed by atoms with van der Waals surface area (Å²) >= 11 is 0. The number of nitrogens with zero attached hydrogens (tertiary/aromatic N) is 1. The van der Waals surface area contributed by atoms with Crippen molar-refractivity contribution in [3.05, 3.63) is 23.9 Å². The molecule has 1 aromatic heterocycles. The lowest BCUT2D eigenvalue weighted by Crippen LogP contribution is -2.19. The highest BCUT2D eigenvalue weighted by atomic mass is 19.4. The third-order valence-electron chi connectivity index (χ3n) is 1.91. The van der Waals surface area contributed by atoms with Gasteiger partial charge in [0, 0.05) is 17.8 Å². The van der Waals surface area contributed by atoms with E-state index in [9.17, 15) is 18.0 Å². The second kappa shape index (κ2) is 5.56. The van der Waals surface area contributed by atoms with Gasteiger partial charge in [-0.15, -0.1) is 0 Å². The van der Waals surface area contributed by atoms with E-state index in [2.05, 4.69) is 14.5 Å². The van der Waals surface area contributed by atoms with Crippen LogP contribution in [-0.4, -0.2) is 23.9 Å². The highest BCUT2D eigenvalue weighted by Gasteiger charge is 2.28. The molecule has 0 aliphatic heterocycles. The predicted octanol–water partition coefficient (Wildman–Crippen LogP) is 2.18. The van der Waals surface area contributed by atoms with Gasteiger partial charge in [0.05, 0.1) is 0 Å². The van der Waals surface area contributed by atoms with Gasteiger partial charge in [0.25, 0.3) is 0 Å². The van der Waals surface area contributed by atoms with Crippen LogP contribution >= 0.6 is 0 Å². The van der Waals surface area contributed by atoms with Crippen LogP contribution in [-0.2, 0) is 4.74 Å². The maximum Gasteiger partial charge on any atom is 0.422 e. The van der Waals surface area contributed by atoms with Crippen molar-refractivity contribution in [1.82, 2.24) is 4.98 Å². The van der Waals surface area contributed by atoms with Gasteiger partial charge in [-0.2, -0.15) is 13.2 Å². The lowest BCUT2D eigenvalue weighted by atomic mass is 10.2. The number of hydrogen-bond acceptors (Lipinski definition) is 4. The first kappa shape index (κ1) is 14.1. The fourth-order valence-corrected chi connectivity index (χ4v) is 1.12. The molecule has 0 spiro atoms. The molecule has 0 aliphatic carbocycles. The summed E-state index contributed by atoms with van der Waals surface area (Å²) in [4.78, 5) is 14.1. The summed E-state index contributed by atoms with van der Waals surface area (Å²) in [6.07, 6.45) is -4.74. The maximum atomic E-state index is 11.9. The van der Waals surface area contributed by atoms with E-state index in [0.29, 0.717) is 5.56 Å². The average molecular weight is 264 g/mol. The molecule has 1 heterocycles. The second-order valence-corrected chi connectivity index (χ2v) is 3.41. The normalized spacial score (nSPS) is 12.9. The Labute approximate surface area is 101 Å². The topological polar surface area (TPSA) is 74.4 Å². The van der Waals surface area contributed by atoms with Crippen molar-refractivity contribution in [1.29, 1.82) is 0 Å². The number of amides is 1. The summed E-state index contributed by atoms with van der Waals surface area (Å²) in [5.74, 6) is -0.164. The SMILES string of the molecule is CC(OC(N)=O)c1ccc(OCC(F)(F)F)nc1. The lowest BCUT2D eigenvalue weighted by molar-refractivity contribution is -0.154. The maximum absolute atomic E-state index is 11.9. The summed E-state index contributed by atoms with van der Waals surface area (Å²) in [6.45, 7) is 0.144. The number of rotatable bonds is 4. The molecule has 1 rings (SSSR count). The Morgan fingerprint density at radius 1 is 1.50 bits per heavy atom. The van der Waals surface area contributed by atoms with Gasteiger partial charge in [-0.1, -0.05) is 0 Å². The number of ether oxygens (including phenoxy) is 2.